The number of nitrogens with zero attached hydrogens (tertiary/aromatic N) is 3. The molecule has 0 saturated carbocycles. The molecule has 3 heterocycles. The smallest absolute Gasteiger partial charge is 0.410 e. The van der Waals surface area contributed by atoms with E-state index in [1.54, 1.807) is 12.4 Å². The zero-order valence-corrected chi connectivity index (χ0v) is 20.1. The second-order valence-corrected chi connectivity index (χ2v) is 10.5. The Bertz CT molecular complexity index is 977. The van der Waals surface area contributed by atoms with E-state index in [9.17, 15) is 9.59 Å². The number of amides is 2. The SMILES string of the molecule is CC(C)(C)OC(=O)N1C[C@@H]2CN(c3cncc(C(=O)Nc4cccc(I)c4)c3)C[C@@H]2C1. The van der Waals surface area contributed by atoms with Crippen LogP contribution < -0.4 is 10.2 Å². The third-order valence-electron chi connectivity index (χ3n) is 5.57. The van der Waals surface area contributed by atoms with Crippen molar-refractivity contribution in [1.29, 1.82) is 0 Å². The van der Waals surface area contributed by atoms with Gasteiger partial charge in [0, 0.05) is 53.5 Å². The molecular formula is C23H27IN4O3. The van der Waals surface area contributed by atoms with Crippen LogP contribution in [0.3, 0.4) is 0 Å². The second kappa shape index (κ2) is 8.64. The fourth-order valence-electron chi connectivity index (χ4n) is 4.17. The van der Waals surface area contributed by atoms with E-state index in [4.69, 9.17) is 4.74 Å². The molecule has 2 fully saturated rings. The summed E-state index contributed by atoms with van der Waals surface area (Å²) in [5, 5.41) is 2.93. The van der Waals surface area contributed by atoms with Gasteiger partial charge in [-0.15, -0.1) is 0 Å². The molecule has 1 aromatic carbocycles. The maximum atomic E-state index is 12.7. The van der Waals surface area contributed by atoms with Gasteiger partial charge in [-0.1, -0.05) is 6.07 Å². The van der Waals surface area contributed by atoms with Crippen LogP contribution in [0, 0.1) is 15.4 Å². The third kappa shape index (κ3) is 5.28. The molecule has 2 amide bonds. The summed E-state index contributed by atoms with van der Waals surface area (Å²) in [4.78, 5) is 33.4. The van der Waals surface area contributed by atoms with Gasteiger partial charge in [0.05, 0.1) is 17.4 Å². The summed E-state index contributed by atoms with van der Waals surface area (Å²) in [6.07, 6.45) is 3.16. The summed E-state index contributed by atoms with van der Waals surface area (Å²) >= 11 is 2.22. The first kappa shape index (κ1) is 21.9. The van der Waals surface area contributed by atoms with Crippen molar-refractivity contribution in [2.24, 2.45) is 11.8 Å². The molecule has 2 aliphatic heterocycles. The maximum Gasteiger partial charge on any atom is 0.410 e. The van der Waals surface area contributed by atoms with Gasteiger partial charge in [0.15, 0.2) is 0 Å². The molecule has 0 radical (unpaired) electrons. The lowest BCUT2D eigenvalue weighted by molar-refractivity contribution is 0.0282. The fraction of sp³-hybridized carbons (Fsp3) is 0.435. The number of hydrogen-bond acceptors (Lipinski definition) is 5. The van der Waals surface area contributed by atoms with Crippen LogP contribution in [0.25, 0.3) is 0 Å². The topological polar surface area (TPSA) is 74.8 Å². The summed E-state index contributed by atoms with van der Waals surface area (Å²) in [6, 6.07) is 9.58. The number of pyridine rings is 1. The van der Waals surface area contributed by atoms with E-state index in [-0.39, 0.29) is 12.0 Å². The zero-order valence-electron chi connectivity index (χ0n) is 18.0. The highest BCUT2D eigenvalue weighted by atomic mass is 127. The molecule has 31 heavy (non-hydrogen) atoms. The Morgan fingerprint density at radius 3 is 2.45 bits per heavy atom. The number of fused-ring (bicyclic) bond motifs is 1. The number of carbonyl (C=O) groups is 2. The first-order chi connectivity index (χ1) is 14.7. The van der Waals surface area contributed by atoms with Crippen molar-refractivity contribution >= 4 is 46.0 Å². The van der Waals surface area contributed by atoms with Crippen LogP contribution in [-0.2, 0) is 4.74 Å². The fourth-order valence-corrected chi connectivity index (χ4v) is 4.72. The number of anilines is 2. The van der Waals surface area contributed by atoms with Gasteiger partial charge in [-0.2, -0.15) is 0 Å². The van der Waals surface area contributed by atoms with Gasteiger partial charge in [0.1, 0.15) is 5.60 Å². The monoisotopic (exact) mass is 534 g/mol. The number of nitrogens with one attached hydrogen (secondary N) is 1. The first-order valence-corrected chi connectivity index (χ1v) is 11.5. The predicted molar refractivity (Wildman–Crippen MR) is 128 cm³/mol. The lowest BCUT2D eigenvalue weighted by Gasteiger charge is -2.26. The minimum absolute atomic E-state index is 0.174. The van der Waals surface area contributed by atoms with E-state index in [1.807, 2.05) is 56.0 Å². The standard InChI is InChI=1S/C23H27IN4O3/c1-23(2,3)31-22(30)28-13-16-11-27(12-17(16)14-28)20-7-15(9-25-10-20)21(29)26-19-6-4-5-18(24)8-19/h4-10,16-17H,11-14H2,1-3H3,(H,26,29)/t16-,17+. The summed E-state index contributed by atoms with van der Waals surface area (Å²) in [6.45, 7) is 8.75. The number of benzene rings is 1. The molecule has 2 atom stereocenters. The number of hydrogen-bond donors (Lipinski definition) is 1. The highest BCUT2D eigenvalue weighted by Crippen LogP contribution is 2.34. The number of rotatable bonds is 3. The Balaban J connectivity index is 1.38. The maximum absolute atomic E-state index is 12.7. The van der Waals surface area contributed by atoms with Crippen LogP contribution in [0.5, 0.6) is 0 Å². The van der Waals surface area contributed by atoms with Crippen molar-refractivity contribution in [2.45, 2.75) is 26.4 Å². The average Bonchev–Trinajstić information content (AvgIpc) is 3.26. The molecule has 164 valence electrons. The Morgan fingerprint density at radius 1 is 1.10 bits per heavy atom. The van der Waals surface area contributed by atoms with Gasteiger partial charge in [-0.3, -0.25) is 9.78 Å². The van der Waals surface area contributed by atoms with Crippen molar-refractivity contribution in [3.8, 4) is 0 Å². The predicted octanol–water partition coefficient (Wildman–Crippen LogP) is 4.24. The molecule has 0 aliphatic carbocycles. The van der Waals surface area contributed by atoms with E-state index in [0.717, 1.165) is 28.0 Å². The minimum atomic E-state index is -0.481. The van der Waals surface area contributed by atoms with Gasteiger partial charge in [0.25, 0.3) is 5.91 Å². The van der Waals surface area contributed by atoms with E-state index >= 15 is 0 Å². The Labute approximate surface area is 196 Å². The van der Waals surface area contributed by atoms with Gasteiger partial charge in [0.2, 0.25) is 0 Å². The van der Waals surface area contributed by atoms with Crippen LogP contribution >= 0.6 is 22.6 Å². The quantitative estimate of drug-likeness (QED) is 0.597. The molecule has 0 bridgehead atoms. The first-order valence-electron chi connectivity index (χ1n) is 10.4. The largest absolute Gasteiger partial charge is 0.444 e. The molecule has 2 saturated heterocycles. The molecule has 0 spiro atoms. The summed E-state index contributed by atoms with van der Waals surface area (Å²) < 4.78 is 6.58. The lowest BCUT2D eigenvalue weighted by atomic mass is 10.0. The number of carbonyl (C=O) groups excluding carboxylic acids is 2. The highest BCUT2D eigenvalue weighted by molar-refractivity contribution is 14.1. The van der Waals surface area contributed by atoms with Crippen LogP contribution in [0.15, 0.2) is 42.7 Å². The van der Waals surface area contributed by atoms with Crippen molar-refractivity contribution in [3.05, 3.63) is 51.9 Å². The summed E-state index contributed by atoms with van der Waals surface area (Å²) in [5.41, 5.74) is 1.75. The number of halogens is 1. The average molecular weight is 534 g/mol. The highest BCUT2D eigenvalue weighted by Gasteiger charge is 2.42. The van der Waals surface area contributed by atoms with E-state index in [2.05, 4.69) is 37.8 Å². The molecule has 2 aliphatic rings. The molecule has 8 heteroatoms. The van der Waals surface area contributed by atoms with Gasteiger partial charge in [-0.05, 0) is 67.6 Å². The summed E-state index contributed by atoms with van der Waals surface area (Å²) in [7, 11) is 0. The van der Waals surface area contributed by atoms with Crippen LogP contribution in [0.1, 0.15) is 31.1 Å². The Morgan fingerprint density at radius 2 is 1.81 bits per heavy atom. The van der Waals surface area contributed by atoms with E-state index < -0.39 is 5.60 Å². The number of aromatic nitrogens is 1. The van der Waals surface area contributed by atoms with Crippen LogP contribution in [0.4, 0.5) is 16.2 Å². The van der Waals surface area contributed by atoms with Crippen molar-refractivity contribution in [3.63, 3.8) is 0 Å². The van der Waals surface area contributed by atoms with Gasteiger partial charge < -0.3 is 19.9 Å². The zero-order chi connectivity index (χ0) is 22.2. The number of ether oxygens (including phenoxy) is 1. The third-order valence-corrected chi connectivity index (χ3v) is 6.24. The molecule has 1 N–H and O–H groups in total. The molecular weight excluding hydrogens is 507 g/mol. The minimum Gasteiger partial charge on any atom is -0.444 e. The molecule has 1 aromatic heterocycles. The Hall–Kier alpha value is -2.36. The second-order valence-electron chi connectivity index (χ2n) is 9.21. The lowest BCUT2D eigenvalue weighted by Crippen LogP contribution is -2.37. The van der Waals surface area contributed by atoms with Crippen molar-refractivity contribution in [1.82, 2.24) is 9.88 Å². The number of likely N-dealkylation sites (tertiary alicyclic amines) is 1. The molecule has 7 nitrogen and oxygen atoms in total. The van der Waals surface area contributed by atoms with Crippen molar-refractivity contribution < 1.29 is 14.3 Å². The van der Waals surface area contributed by atoms with Crippen molar-refractivity contribution in [2.75, 3.05) is 36.4 Å². The summed E-state index contributed by atoms with van der Waals surface area (Å²) in [5.74, 6) is 0.625. The van der Waals surface area contributed by atoms with Gasteiger partial charge in [-0.25, -0.2) is 4.79 Å². The molecule has 2 aromatic rings. The van der Waals surface area contributed by atoms with Crippen LogP contribution in [-0.4, -0.2) is 53.7 Å². The molecule has 4 rings (SSSR count). The molecule has 0 unspecified atom stereocenters. The van der Waals surface area contributed by atoms with Crippen LogP contribution in [0.2, 0.25) is 0 Å². The van der Waals surface area contributed by atoms with E-state index in [1.165, 1.54) is 0 Å². The normalized spacial score (nSPS) is 20.5. The van der Waals surface area contributed by atoms with Gasteiger partial charge >= 0.3 is 6.09 Å². The Kier molecular flexibility index (Phi) is 6.09. The van der Waals surface area contributed by atoms with E-state index in [0.29, 0.717) is 30.5 Å².